The lowest BCUT2D eigenvalue weighted by Crippen LogP contribution is -2.32. The monoisotopic (exact) mass is 325 g/mol. The minimum atomic E-state index is -0.241. The maximum absolute atomic E-state index is 12.5. The van der Waals surface area contributed by atoms with Gasteiger partial charge in [0.15, 0.2) is 0 Å². The normalized spacial score (nSPS) is 10.4. The number of hydrogen-bond donors (Lipinski definition) is 0. The molecule has 0 saturated heterocycles. The van der Waals surface area contributed by atoms with Gasteiger partial charge in [-0.3, -0.25) is 0 Å². The van der Waals surface area contributed by atoms with E-state index in [0.29, 0.717) is 13.2 Å². The van der Waals surface area contributed by atoms with Gasteiger partial charge in [-0.05, 0) is 29.5 Å². The molecule has 3 heteroatoms. The molecule has 0 aromatic heterocycles. The molecule has 0 heterocycles. The molecule has 0 fully saturated rings. The second-order valence-corrected chi connectivity index (χ2v) is 5.99. The molecular weight excluding hydrogens is 298 g/mol. The Morgan fingerprint density at radius 1 is 0.958 bits per heavy atom. The molecule has 0 saturated carbocycles. The zero-order chi connectivity index (χ0) is 17.2. The van der Waals surface area contributed by atoms with E-state index in [2.05, 4.69) is 38.1 Å². The molecule has 0 N–H and O–H groups in total. The summed E-state index contributed by atoms with van der Waals surface area (Å²) in [6.07, 6.45) is 2.79. The fourth-order valence-corrected chi connectivity index (χ4v) is 2.56. The van der Waals surface area contributed by atoms with Crippen LogP contribution in [0.25, 0.3) is 0 Å². The predicted octanol–water partition coefficient (Wildman–Crippen LogP) is 5.19. The highest BCUT2D eigenvalue weighted by atomic mass is 16.6. The lowest BCUT2D eigenvalue weighted by Gasteiger charge is -2.22. The quantitative estimate of drug-likeness (QED) is 0.668. The molecule has 2 aromatic rings. The fraction of sp³-hybridized carbons (Fsp3) is 0.381. The van der Waals surface area contributed by atoms with Gasteiger partial charge in [0.25, 0.3) is 0 Å². The van der Waals surface area contributed by atoms with Gasteiger partial charge in [0.1, 0.15) is 6.61 Å². The smallest absolute Gasteiger partial charge is 0.410 e. The van der Waals surface area contributed by atoms with Crippen LogP contribution < -0.4 is 0 Å². The van der Waals surface area contributed by atoms with E-state index in [0.717, 1.165) is 36.9 Å². The zero-order valence-corrected chi connectivity index (χ0v) is 14.7. The largest absolute Gasteiger partial charge is 0.445 e. The molecule has 0 aliphatic heterocycles. The van der Waals surface area contributed by atoms with Crippen molar-refractivity contribution in [1.29, 1.82) is 0 Å². The first-order valence-corrected chi connectivity index (χ1v) is 8.76. The van der Waals surface area contributed by atoms with Crippen molar-refractivity contribution in [3.8, 4) is 0 Å². The topological polar surface area (TPSA) is 29.5 Å². The highest BCUT2D eigenvalue weighted by molar-refractivity contribution is 5.67. The van der Waals surface area contributed by atoms with Crippen LogP contribution >= 0.6 is 0 Å². The van der Waals surface area contributed by atoms with Gasteiger partial charge < -0.3 is 9.64 Å². The Balaban J connectivity index is 1.99. The molecule has 0 atom stereocenters. The Hall–Kier alpha value is -2.29. The molecule has 0 spiro atoms. The molecule has 2 aromatic carbocycles. The standard InChI is InChI=1S/C21H27NO2/c1-3-5-14-22(16-20-13-9-12-18(4-2)15-20)21(23)24-17-19-10-7-6-8-11-19/h6-13,15H,3-5,14,16-17H2,1-2H3. The highest BCUT2D eigenvalue weighted by Gasteiger charge is 2.15. The van der Waals surface area contributed by atoms with E-state index < -0.39 is 0 Å². The Kier molecular flexibility index (Phi) is 7.34. The van der Waals surface area contributed by atoms with Crippen molar-refractivity contribution in [2.45, 2.75) is 46.3 Å². The van der Waals surface area contributed by atoms with Crippen LogP contribution in [0.2, 0.25) is 0 Å². The van der Waals surface area contributed by atoms with Gasteiger partial charge >= 0.3 is 6.09 Å². The summed E-state index contributed by atoms with van der Waals surface area (Å²) in [5, 5.41) is 0. The van der Waals surface area contributed by atoms with Crippen LogP contribution in [0, 0.1) is 0 Å². The molecule has 1 amide bonds. The van der Waals surface area contributed by atoms with Crippen molar-refractivity contribution in [2.75, 3.05) is 6.54 Å². The minimum absolute atomic E-state index is 0.241. The van der Waals surface area contributed by atoms with Gasteiger partial charge in [0.2, 0.25) is 0 Å². The molecule has 0 aliphatic rings. The van der Waals surface area contributed by atoms with Gasteiger partial charge in [-0.15, -0.1) is 0 Å². The third-order valence-electron chi connectivity index (χ3n) is 4.02. The third-order valence-corrected chi connectivity index (χ3v) is 4.02. The van der Waals surface area contributed by atoms with Gasteiger partial charge in [-0.25, -0.2) is 4.79 Å². The Labute approximate surface area is 145 Å². The summed E-state index contributed by atoms with van der Waals surface area (Å²) in [5.74, 6) is 0. The third kappa shape index (κ3) is 5.73. The first-order chi connectivity index (χ1) is 11.7. The van der Waals surface area contributed by atoms with E-state index in [1.54, 1.807) is 4.90 Å². The van der Waals surface area contributed by atoms with Crippen molar-refractivity contribution in [3.63, 3.8) is 0 Å². The number of benzene rings is 2. The van der Waals surface area contributed by atoms with Crippen molar-refractivity contribution in [1.82, 2.24) is 4.90 Å². The van der Waals surface area contributed by atoms with Crippen molar-refractivity contribution < 1.29 is 9.53 Å². The average Bonchev–Trinajstić information content (AvgIpc) is 2.64. The SMILES string of the molecule is CCCCN(Cc1cccc(CC)c1)C(=O)OCc1ccccc1. The number of hydrogen-bond acceptors (Lipinski definition) is 2. The summed E-state index contributed by atoms with van der Waals surface area (Å²) in [6, 6.07) is 18.2. The Bertz CT molecular complexity index is 625. The number of carbonyl (C=O) groups is 1. The molecule has 2 rings (SSSR count). The zero-order valence-electron chi connectivity index (χ0n) is 14.7. The van der Waals surface area contributed by atoms with E-state index in [1.807, 2.05) is 30.3 Å². The van der Waals surface area contributed by atoms with Gasteiger partial charge in [-0.2, -0.15) is 0 Å². The highest BCUT2D eigenvalue weighted by Crippen LogP contribution is 2.12. The van der Waals surface area contributed by atoms with E-state index in [4.69, 9.17) is 4.74 Å². The number of rotatable bonds is 8. The first-order valence-electron chi connectivity index (χ1n) is 8.76. The Morgan fingerprint density at radius 3 is 2.38 bits per heavy atom. The van der Waals surface area contributed by atoms with E-state index in [-0.39, 0.29) is 6.09 Å². The Morgan fingerprint density at radius 2 is 1.67 bits per heavy atom. The number of carbonyl (C=O) groups excluding carboxylic acids is 1. The van der Waals surface area contributed by atoms with E-state index >= 15 is 0 Å². The predicted molar refractivity (Wildman–Crippen MR) is 97.8 cm³/mol. The van der Waals surface area contributed by atoms with Gasteiger partial charge in [0, 0.05) is 13.1 Å². The second kappa shape index (κ2) is 9.76. The van der Waals surface area contributed by atoms with Crippen LogP contribution in [0.1, 0.15) is 43.4 Å². The van der Waals surface area contributed by atoms with Crippen molar-refractivity contribution in [3.05, 3.63) is 71.3 Å². The lowest BCUT2D eigenvalue weighted by molar-refractivity contribution is 0.0931. The molecule has 0 aliphatic carbocycles. The number of aryl methyl sites for hydroxylation is 1. The first kappa shape index (κ1) is 18.1. The average molecular weight is 325 g/mol. The fourth-order valence-electron chi connectivity index (χ4n) is 2.56. The van der Waals surface area contributed by atoms with Gasteiger partial charge in [0.05, 0.1) is 0 Å². The number of amides is 1. The summed E-state index contributed by atoms with van der Waals surface area (Å²) in [4.78, 5) is 14.3. The van der Waals surface area contributed by atoms with Crippen LogP contribution in [0.15, 0.2) is 54.6 Å². The summed E-state index contributed by atoms with van der Waals surface area (Å²) in [5.41, 5.74) is 3.46. The summed E-state index contributed by atoms with van der Waals surface area (Å²) >= 11 is 0. The van der Waals surface area contributed by atoms with Gasteiger partial charge in [-0.1, -0.05) is 74.9 Å². The number of ether oxygens (including phenoxy) is 1. The van der Waals surface area contributed by atoms with Crippen LogP contribution in [0.4, 0.5) is 4.79 Å². The van der Waals surface area contributed by atoms with Crippen molar-refractivity contribution >= 4 is 6.09 Å². The maximum Gasteiger partial charge on any atom is 0.410 e. The molecule has 0 radical (unpaired) electrons. The minimum Gasteiger partial charge on any atom is -0.445 e. The summed E-state index contributed by atoms with van der Waals surface area (Å²) in [6.45, 7) is 5.91. The number of nitrogens with zero attached hydrogens (tertiary/aromatic N) is 1. The summed E-state index contributed by atoms with van der Waals surface area (Å²) in [7, 11) is 0. The van der Waals surface area contributed by atoms with E-state index in [1.165, 1.54) is 5.56 Å². The lowest BCUT2D eigenvalue weighted by atomic mass is 10.1. The molecule has 3 nitrogen and oxygen atoms in total. The second-order valence-electron chi connectivity index (χ2n) is 5.99. The molecule has 0 unspecified atom stereocenters. The summed E-state index contributed by atoms with van der Waals surface area (Å²) < 4.78 is 5.50. The van der Waals surface area contributed by atoms with E-state index in [9.17, 15) is 4.79 Å². The van der Waals surface area contributed by atoms with Crippen LogP contribution in [-0.4, -0.2) is 17.5 Å². The van der Waals surface area contributed by atoms with Crippen LogP contribution in [-0.2, 0) is 24.3 Å². The molecule has 24 heavy (non-hydrogen) atoms. The molecule has 128 valence electrons. The van der Waals surface area contributed by atoms with Crippen LogP contribution in [0.3, 0.4) is 0 Å². The molecular formula is C21H27NO2. The maximum atomic E-state index is 12.5. The number of unbranched alkanes of at least 4 members (excludes halogenated alkanes) is 1. The van der Waals surface area contributed by atoms with Crippen LogP contribution in [0.5, 0.6) is 0 Å². The molecule has 0 bridgehead atoms. The van der Waals surface area contributed by atoms with Crippen molar-refractivity contribution in [2.24, 2.45) is 0 Å².